The van der Waals surface area contributed by atoms with Gasteiger partial charge in [-0.05, 0) is 30.3 Å². The van der Waals surface area contributed by atoms with Crippen molar-refractivity contribution in [2.24, 2.45) is 7.05 Å². The summed E-state index contributed by atoms with van der Waals surface area (Å²) >= 11 is 6.19. The fourth-order valence-electron chi connectivity index (χ4n) is 4.19. The lowest BCUT2D eigenvalue weighted by atomic mass is 10.0. The molecule has 11 heteroatoms. The normalized spacial score (nSPS) is 15.6. The van der Waals surface area contributed by atoms with E-state index in [0.29, 0.717) is 33.2 Å². The first-order valence-corrected chi connectivity index (χ1v) is 10.3. The Balaban J connectivity index is 1.53. The van der Waals surface area contributed by atoms with Crippen LogP contribution in [0.25, 0.3) is 21.8 Å². The Morgan fingerprint density at radius 3 is 2.76 bits per heavy atom. The smallest absolute Gasteiger partial charge is 0.416 e. The van der Waals surface area contributed by atoms with Gasteiger partial charge in [0, 0.05) is 30.6 Å². The number of carbonyl (C=O) groups excluding carboxylic acids is 1. The van der Waals surface area contributed by atoms with E-state index < -0.39 is 17.8 Å². The number of fused-ring (bicyclic) bond motifs is 4. The number of amides is 1. The second-order valence-corrected chi connectivity index (χ2v) is 8.28. The number of ether oxygens (including phenoxy) is 1. The van der Waals surface area contributed by atoms with E-state index in [1.807, 2.05) is 0 Å². The minimum absolute atomic E-state index is 0.00372. The second-order valence-electron chi connectivity index (χ2n) is 7.87. The molecule has 5 rings (SSSR count). The molecule has 0 bridgehead atoms. The highest BCUT2D eigenvalue weighted by Gasteiger charge is 2.38. The maximum absolute atomic E-state index is 13.3. The first kappa shape index (κ1) is 21.3. The largest absolute Gasteiger partial charge is 0.491 e. The molecule has 0 saturated heterocycles. The molecule has 3 heterocycles. The van der Waals surface area contributed by atoms with Crippen LogP contribution in [0.15, 0.2) is 36.5 Å². The molecule has 7 nitrogen and oxygen atoms in total. The molecule has 0 radical (unpaired) electrons. The number of carbonyl (C=O) groups is 1. The molecule has 1 aliphatic rings. The summed E-state index contributed by atoms with van der Waals surface area (Å²) in [4.78, 5) is 19.1. The number of pyridine rings is 1. The quantitative estimate of drug-likeness (QED) is 0.458. The van der Waals surface area contributed by atoms with Crippen LogP contribution in [0.3, 0.4) is 0 Å². The molecule has 0 saturated carbocycles. The van der Waals surface area contributed by atoms with Gasteiger partial charge >= 0.3 is 6.18 Å². The summed E-state index contributed by atoms with van der Waals surface area (Å²) in [6.07, 6.45) is -2.94. The van der Waals surface area contributed by atoms with Gasteiger partial charge < -0.3 is 15.4 Å². The number of rotatable bonds is 2. The number of hydrogen-bond donors (Lipinski definition) is 1. The lowest BCUT2D eigenvalue weighted by molar-refractivity contribution is -0.137. The minimum Gasteiger partial charge on any atom is -0.491 e. The fourth-order valence-corrected chi connectivity index (χ4v) is 4.53. The van der Waals surface area contributed by atoms with Crippen molar-refractivity contribution in [1.29, 1.82) is 0 Å². The monoisotopic (exact) mass is 475 g/mol. The van der Waals surface area contributed by atoms with Gasteiger partial charge in [-0.15, -0.1) is 0 Å². The van der Waals surface area contributed by atoms with Gasteiger partial charge in [-0.25, -0.2) is 4.98 Å². The molecule has 0 fully saturated rings. The molecule has 0 aliphatic carbocycles. The van der Waals surface area contributed by atoms with E-state index in [9.17, 15) is 18.0 Å². The van der Waals surface area contributed by atoms with E-state index in [-0.39, 0.29) is 23.3 Å². The zero-order chi connectivity index (χ0) is 23.7. The second kappa shape index (κ2) is 7.24. The van der Waals surface area contributed by atoms with Gasteiger partial charge in [-0.2, -0.15) is 18.3 Å². The maximum Gasteiger partial charge on any atom is 0.416 e. The zero-order valence-corrected chi connectivity index (χ0v) is 18.2. The molecule has 2 aromatic heterocycles. The Morgan fingerprint density at radius 1 is 1.27 bits per heavy atom. The molecule has 0 spiro atoms. The summed E-state index contributed by atoms with van der Waals surface area (Å²) in [5.41, 5.74) is 7.20. The summed E-state index contributed by atoms with van der Waals surface area (Å²) in [5, 5.41) is 5.51. The van der Waals surface area contributed by atoms with Crippen LogP contribution in [0.2, 0.25) is 5.02 Å². The van der Waals surface area contributed by atoms with Crippen molar-refractivity contribution in [2.75, 3.05) is 19.4 Å². The highest BCUT2D eigenvalue weighted by Crippen LogP contribution is 2.44. The molecule has 1 amide bonds. The number of nitrogens with zero attached hydrogens (tertiary/aromatic N) is 4. The Bertz CT molecular complexity index is 1450. The van der Waals surface area contributed by atoms with Crippen LogP contribution < -0.4 is 10.5 Å². The number of benzene rings is 2. The van der Waals surface area contributed by atoms with E-state index >= 15 is 0 Å². The number of aryl methyl sites for hydroxylation is 1. The van der Waals surface area contributed by atoms with Gasteiger partial charge in [0.2, 0.25) is 0 Å². The average Bonchev–Trinajstić information content (AvgIpc) is 3.37. The highest BCUT2D eigenvalue weighted by atomic mass is 35.5. The lowest BCUT2D eigenvalue weighted by Crippen LogP contribution is -2.32. The number of nitrogens with two attached hydrogens (primary N) is 1. The number of anilines is 1. The van der Waals surface area contributed by atoms with E-state index in [1.165, 1.54) is 4.90 Å². The maximum atomic E-state index is 13.3. The van der Waals surface area contributed by atoms with E-state index in [2.05, 4.69) is 10.1 Å². The summed E-state index contributed by atoms with van der Waals surface area (Å²) in [5.74, 6) is 0.0186. The third kappa shape index (κ3) is 3.32. The van der Waals surface area contributed by atoms with Crippen molar-refractivity contribution in [3.05, 3.63) is 58.2 Å². The number of nitrogen functional groups attached to an aromatic ring is 1. The summed E-state index contributed by atoms with van der Waals surface area (Å²) in [6, 6.07) is 6.15. The third-order valence-corrected chi connectivity index (χ3v) is 6.20. The number of hydrogen-bond acceptors (Lipinski definition) is 5. The van der Waals surface area contributed by atoms with Crippen molar-refractivity contribution in [2.45, 2.75) is 12.2 Å². The molecule has 2 aromatic carbocycles. The van der Waals surface area contributed by atoms with E-state index in [0.717, 1.165) is 17.6 Å². The molecule has 0 unspecified atom stereocenters. The van der Waals surface area contributed by atoms with Gasteiger partial charge in [-0.3, -0.25) is 9.48 Å². The standard InChI is InChI=1S/C22H17ClF3N5O2/c1-30(16-9-33-17-7-11(22(24,25)26)6-14(23)18(16)17)21(32)10-3-4-15-12(5-10)19-13(20(27)29-15)8-28-31(19)2/h3-8,16H,9H2,1-2H3,(H2,27,29)/t16-/m0/s1. The van der Waals surface area contributed by atoms with Gasteiger partial charge in [0.05, 0.1) is 39.2 Å². The van der Waals surface area contributed by atoms with Crippen molar-refractivity contribution in [3.63, 3.8) is 0 Å². The first-order chi connectivity index (χ1) is 15.6. The highest BCUT2D eigenvalue weighted by molar-refractivity contribution is 6.31. The van der Waals surface area contributed by atoms with Gasteiger partial charge in [-0.1, -0.05) is 11.6 Å². The number of alkyl halides is 3. The minimum atomic E-state index is -4.55. The number of halogens is 4. The van der Waals surface area contributed by atoms with Crippen molar-refractivity contribution in [3.8, 4) is 5.75 Å². The zero-order valence-electron chi connectivity index (χ0n) is 17.4. The molecule has 2 N–H and O–H groups in total. The molecule has 1 atom stereocenters. The van der Waals surface area contributed by atoms with Crippen LogP contribution in [0.5, 0.6) is 5.75 Å². The number of likely N-dealkylation sites (N-methyl/N-ethyl adjacent to an activating group) is 1. The Morgan fingerprint density at radius 2 is 2.03 bits per heavy atom. The van der Waals surface area contributed by atoms with Crippen molar-refractivity contribution >= 4 is 45.1 Å². The first-order valence-electron chi connectivity index (χ1n) is 9.88. The van der Waals surface area contributed by atoms with Crippen LogP contribution in [-0.2, 0) is 13.2 Å². The van der Waals surface area contributed by atoms with E-state index in [1.54, 1.807) is 43.2 Å². The third-order valence-electron chi connectivity index (χ3n) is 5.89. The van der Waals surface area contributed by atoms with Crippen molar-refractivity contribution in [1.82, 2.24) is 19.7 Å². The Labute approximate surface area is 190 Å². The molecule has 1 aliphatic heterocycles. The average molecular weight is 476 g/mol. The van der Waals surface area contributed by atoms with Crippen molar-refractivity contribution < 1.29 is 22.7 Å². The predicted molar refractivity (Wildman–Crippen MR) is 117 cm³/mol. The van der Waals surface area contributed by atoms with Crippen LogP contribution >= 0.6 is 11.6 Å². The molecular formula is C22H17ClF3N5O2. The van der Waals surface area contributed by atoms with Gasteiger partial charge in [0.25, 0.3) is 5.91 Å². The van der Waals surface area contributed by atoms with Gasteiger partial charge in [0.15, 0.2) is 0 Å². The number of aromatic nitrogens is 3. The topological polar surface area (TPSA) is 86.3 Å². The van der Waals surface area contributed by atoms with Gasteiger partial charge in [0.1, 0.15) is 18.2 Å². The SMILES string of the molecule is CN(C(=O)c1ccc2nc(N)c3cnn(C)c3c2c1)[C@H]1COc2cc(C(F)(F)F)cc(Cl)c21. The summed E-state index contributed by atoms with van der Waals surface area (Å²) in [7, 11) is 3.33. The van der Waals surface area contributed by atoms with Crippen LogP contribution in [0.4, 0.5) is 19.0 Å². The Kier molecular flexibility index (Phi) is 4.68. The molecule has 170 valence electrons. The summed E-state index contributed by atoms with van der Waals surface area (Å²) in [6.45, 7) is -0.00372. The van der Waals surface area contributed by atoms with Crippen LogP contribution in [-0.4, -0.2) is 39.2 Å². The predicted octanol–water partition coefficient (Wildman–Crippen LogP) is 4.58. The molecular weight excluding hydrogens is 459 g/mol. The fraction of sp³-hybridized carbons (Fsp3) is 0.227. The van der Waals surface area contributed by atoms with E-state index in [4.69, 9.17) is 22.1 Å². The molecule has 4 aromatic rings. The van der Waals surface area contributed by atoms with Crippen LogP contribution in [0, 0.1) is 0 Å². The van der Waals surface area contributed by atoms with Crippen LogP contribution in [0.1, 0.15) is 27.5 Å². The Hall–Kier alpha value is -3.53. The summed E-state index contributed by atoms with van der Waals surface area (Å²) < 4.78 is 46.5. The lowest BCUT2D eigenvalue weighted by Gasteiger charge is -2.24. The molecule has 33 heavy (non-hydrogen) atoms.